The largest absolute Gasteiger partial charge is 0.376 e. The van der Waals surface area contributed by atoms with Gasteiger partial charge in [0.25, 0.3) is 0 Å². The Bertz CT molecular complexity index is 477. The second-order valence-corrected chi connectivity index (χ2v) is 7.71. The van der Waals surface area contributed by atoms with Crippen LogP contribution < -0.4 is 0 Å². The minimum absolute atomic E-state index is 0.0386. The molecule has 1 aliphatic heterocycles. The Hall–Kier alpha value is -1.41. The summed E-state index contributed by atoms with van der Waals surface area (Å²) in [4.78, 5) is 25.7. The lowest BCUT2D eigenvalue weighted by Gasteiger charge is -2.28. The Balaban J connectivity index is 2.42. The molecule has 1 atom stereocenters. The van der Waals surface area contributed by atoms with Gasteiger partial charge in [0.1, 0.15) is 0 Å². The van der Waals surface area contributed by atoms with Crippen LogP contribution in [0.4, 0.5) is 0 Å². The molecule has 0 spiro atoms. The highest BCUT2D eigenvalue weighted by Crippen LogP contribution is 2.24. The molecule has 23 heavy (non-hydrogen) atoms. The van der Waals surface area contributed by atoms with Crippen molar-refractivity contribution in [1.29, 1.82) is 5.26 Å². The van der Waals surface area contributed by atoms with Gasteiger partial charge in [-0.15, -0.1) is 0 Å². The number of hydrogen-bond donors (Lipinski definition) is 0. The zero-order valence-corrected chi connectivity index (χ0v) is 15.1. The normalized spacial score (nSPS) is 18.8. The molecule has 1 aliphatic rings. The van der Waals surface area contributed by atoms with Gasteiger partial charge in [-0.05, 0) is 60.3 Å². The SMILES string of the molecule is CC(=O)C1CCCN1C(=O)CCC(C)(C)OCCC(C)(C)C#N. The predicted molar refractivity (Wildman–Crippen MR) is 88.7 cm³/mol. The van der Waals surface area contributed by atoms with E-state index in [-0.39, 0.29) is 17.7 Å². The molecule has 5 nitrogen and oxygen atoms in total. The molecule has 1 heterocycles. The fraction of sp³-hybridized carbons (Fsp3) is 0.833. The summed E-state index contributed by atoms with van der Waals surface area (Å²) in [6.45, 7) is 10.4. The molecule has 0 aromatic heterocycles. The van der Waals surface area contributed by atoms with Gasteiger partial charge < -0.3 is 9.64 Å². The number of rotatable bonds is 8. The smallest absolute Gasteiger partial charge is 0.223 e. The number of ether oxygens (including phenoxy) is 1. The summed E-state index contributed by atoms with van der Waals surface area (Å²) in [7, 11) is 0. The first-order valence-electron chi connectivity index (χ1n) is 8.43. The van der Waals surface area contributed by atoms with Gasteiger partial charge in [0.2, 0.25) is 5.91 Å². The molecule has 0 N–H and O–H groups in total. The van der Waals surface area contributed by atoms with E-state index in [0.29, 0.717) is 32.4 Å². The Kier molecular flexibility index (Phi) is 6.76. The van der Waals surface area contributed by atoms with Crippen molar-refractivity contribution < 1.29 is 14.3 Å². The van der Waals surface area contributed by atoms with Gasteiger partial charge in [-0.2, -0.15) is 5.26 Å². The quantitative estimate of drug-likeness (QED) is 0.688. The van der Waals surface area contributed by atoms with E-state index in [2.05, 4.69) is 6.07 Å². The highest BCUT2D eigenvalue weighted by atomic mass is 16.5. The fourth-order valence-electron chi connectivity index (χ4n) is 2.75. The highest BCUT2D eigenvalue weighted by molar-refractivity contribution is 5.88. The molecule has 1 fully saturated rings. The Morgan fingerprint density at radius 3 is 2.48 bits per heavy atom. The first kappa shape index (κ1) is 19.6. The van der Waals surface area contributed by atoms with Crippen molar-refractivity contribution in [2.45, 2.75) is 78.4 Å². The van der Waals surface area contributed by atoms with Crippen LogP contribution in [-0.4, -0.2) is 41.4 Å². The fourth-order valence-corrected chi connectivity index (χ4v) is 2.75. The predicted octanol–water partition coefficient (Wildman–Crippen LogP) is 3.08. The third kappa shape index (κ3) is 6.31. The second kappa shape index (κ2) is 7.92. The van der Waals surface area contributed by atoms with E-state index in [9.17, 15) is 9.59 Å². The summed E-state index contributed by atoms with van der Waals surface area (Å²) in [6, 6.07) is 2.02. The molecule has 5 heteroatoms. The van der Waals surface area contributed by atoms with Gasteiger partial charge in [-0.3, -0.25) is 9.59 Å². The summed E-state index contributed by atoms with van der Waals surface area (Å²) in [5, 5.41) is 9.01. The molecular formula is C18H30N2O3. The molecule has 1 unspecified atom stereocenters. The van der Waals surface area contributed by atoms with Crippen molar-refractivity contribution in [3.05, 3.63) is 0 Å². The summed E-state index contributed by atoms with van der Waals surface area (Å²) >= 11 is 0. The maximum Gasteiger partial charge on any atom is 0.223 e. The summed E-state index contributed by atoms with van der Waals surface area (Å²) in [5.74, 6) is 0.113. The standard InChI is InChI=1S/C18H30N2O3/c1-14(21)15-7-6-11-20(15)16(22)8-9-18(4,5)23-12-10-17(2,3)13-19/h15H,6-12H2,1-5H3. The van der Waals surface area contributed by atoms with E-state index in [4.69, 9.17) is 10.00 Å². The summed E-state index contributed by atoms with van der Waals surface area (Å²) in [6.07, 6.45) is 3.35. The monoisotopic (exact) mass is 322 g/mol. The van der Waals surface area contributed by atoms with Gasteiger partial charge in [-0.25, -0.2) is 0 Å². The van der Waals surface area contributed by atoms with Crippen LogP contribution in [0.3, 0.4) is 0 Å². The topological polar surface area (TPSA) is 70.4 Å². The Morgan fingerprint density at radius 1 is 1.26 bits per heavy atom. The maximum absolute atomic E-state index is 12.4. The van der Waals surface area contributed by atoms with Gasteiger partial charge in [0, 0.05) is 19.6 Å². The number of carbonyl (C=O) groups excluding carboxylic acids is 2. The van der Waals surface area contributed by atoms with Gasteiger partial charge in [0.05, 0.1) is 23.1 Å². The molecule has 0 saturated carbocycles. The zero-order chi connectivity index (χ0) is 17.7. The van der Waals surface area contributed by atoms with Crippen molar-refractivity contribution in [1.82, 2.24) is 4.90 Å². The number of hydrogen-bond acceptors (Lipinski definition) is 4. The van der Waals surface area contributed by atoms with Crippen LogP contribution in [0.1, 0.15) is 66.7 Å². The number of likely N-dealkylation sites (tertiary alicyclic amines) is 1. The minimum Gasteiger partial charge on any atom is -0.376 e. The molecule has 1 saturated heterocycles. The molecule has 0 radical (unpaired) electrons. The Labute approximate surface area is 140 Å². The van der Waals surface area contributed by atoms with Crippen molar-refractivity contribution in [3.8, 4) is 6.07 Å². The van der Waals surface area contributed by atoms with E-state index in [0.717, 1.165) is 12.8 Å². The van der Waals surface area contributed by atoms with Crippen LogP contribution >= 0.6 is 0 Å². The van der Waals surface area contributed by atoms with Crippen molar-refractivity contribution in [3.63, 3.8) is 0 Å². The third-order valence-corrected chi connectivity index (χ3v) is 4.51. The number of amides is 1. The molecule has 0 aromatic carbocycles. The van der Waals surface area contributed by atoms with E-state index in [1.165, 1.54) is 0 Å². The lowest BCUT2D eigenvalue weighted by molar-refractivity contribution is -0.138. The average molecular weight is 322 g/mol. The van der Waals surface area contributed by atoms with Crippen LogP contribution in [-0.2, 0) is 14.3 Å². The van der Waals surface area contributed by atoms with E-state index >= 15 is 0 Å². The zero-order valence-electron chi connectivity index (χ0n) is 15.1. The van der Waals surface area contributed by atoms with Crippen molar-refractivity contribution in [2.75, 3.05) is 13.2 Å². The number of nitriles is 1. The first-order valence-corrected chi connectivity index (χ1v) is 8.43. The molecule has 1 rings (SSSR count). The van der Waals surface area contributed by atoms with Crippen LogP contribution in [0.2, 0.25) is 0 Å². The third-order valence-electron chi connectivity index (χ3n) is 4.51. The van der Waals surface area contributed by atoms with E-state index in [1.807, 2.05) is 27.7 Å². The van der Waals surface area contributed by atoms with Gasteiger partial charge in [0.15, 0.2) is 5.78 Å². The molecule has 130 valence electrons. The molecule has 1 amide bonds. The Morgan fingerprint density at radius 2 is 1.91 bits per heavy atom. The average Bonchev–Trinajstić information content (AvgIpc) is 2.94. The molecule has 0 bridgehead atoms. The van der Waals surface area contributed by atoms with E-state index in [1.54, 1.807) is 11.8 Å². The lowest BCUT2D eigenvalue weighted by atomic mass is 9.92. The van der Waals surface area contributed by atoms with E-state index < -0.39 is 11.0 Å². The van der Waals surface area contributed by atoms with Crippen LogP contribution in [0, 0.1) is 16.7 Å². The maximum atomic E-state index is 12.4. The van der Waals surface area contributed by atoms with Gasteiger partial charge >= 0.3 is 0 Å². The van der Waals surface area contributed by atoms with Crippen molar-refractivity contribution >= 4 is 11.7 Å². The minimum atomic E-state index is -0.410. The lowest BCUT2D eigenvalue weighted by Crippen LogP contribution is -2.40. The number of carbonyl (C=O) groups is 2. The van der Waals surface area contributed by atoms with Crippen molar-refractivity contribution in [2.24, 2.45) is 5.41 Å². The summed E-state index contributed by atoms with van der Waals surface area (Å²) in [5.41, 5.74) is -0.803. The molecular weight excluding hydrogens is 292 g/mol. The van der Waals surface area contributed by atoms with Crippen LogP contribution in [0.25, 0.3) is 0 Å². The number of ketones is 1. The van der Waals surface area contributed by atoms with Crippen LogP contribution in [0.15, 0.2) is 0 Å². The highest BCUT2D eigenvalue weighted by Gasteiger charge is 2.32. The number of Topliss-reactive ketones (excluding diaryl/α,β-unsaturated/α-hetero) is 1. The molecule has 0 aromatic rings. The number of nitrogens with zero attached hydrogens (tertiary/aromatic N) is 2. The van der Waals surface area contributed by atoms with Gasteiger partial charge in [-0.1, -0.05) is 0 Å². The van der Waals surface area contributed by atoms with Crippen LogP contribution in [0.5, 0.6) is 0 Å². The second-order valence-electron chi connectivity index (χ2n) is 7.71. The molecule has 0 aliphatic carbocycles. The summed E-state index contributed by atoms with van der Waals surface area (Å²) < 4.78 is 5.87. The first-order chi connectivity index (χ1) is 10.6.